The number of nitrogens with zero attached hydrogens (tertiary/aromatic N) is 1. The zero-order valence-electron chi connectivity index (χ0n) is 11.8. The van der Waals surface area contributed by atoms with E-state index in [1.54, 1.807) is 7.11 Å². The summed E-state index contributed by atoms with van der Waals surface area (Å²) in [5, 5.41) is 9.04. The molecule has 1 aromatic rings. The summed E-state index contributed by atoms with van der Waals surface area (Å²) in [7, 11) is 2.86. The molecule has 1 atom stereocenters. The predicted octanol–water partition coefficient (Wildman–Crippen LogP) is 2.67. The van der Waals surface area contributed by atoms with Crippen LogP contribution in [0.4, 0.5) is 0 Å². The van der Waals surface area contributed by atoms with Gasteiger partial charge in [0.05, 0.1) is 20.3 Å². The fraction of sp³-hybridized carbons (Fsp3) is 0.467. The van der Waals surface area contributed by atoms with Gasteiger partial charge in [0, 0.05) is 6.42 Å². The van der Waals surface area contributed by atoms with Gasteiger partial charge < -0.3 is 9.47 Å². The van der Waals surface area contributed by atoms with Gasteiger partial charge >= 0.3 is 5.97 Å². The molecule has 0 spiro atoms. The summed E-state index contributed by atoms with van der Waals surface area (Å²) < 4.78 is 9.90. The lowest BCUT2D eigenvalue weighted by Gasteiger charge is -2.14. The topological polar surface area (TPSA) is 59.3 Å². The Balaban J connectivity index is 3.07. The molecule has 0 amide bonds. The van der Waals surface area contributed by atoms with E-state index in [4.69, 9.17) is 10.00 Å². The van der Waals surface area contributed by atoms with Gasteiger partial charge in [0.15, 0.2) is 0 Å². The number of carbonyl (C=O) groups excluding carboxylic acids is 1. The summed E-state index contributed by atoms with van der Waals surface area (Å²) in [4.78, 5) is 11.5. The number of rotatable bonds is 5. The van der Waals surface area contributed by atoms with Crippen LogP contribution in [-0.2, 0) is 16.0 Å². The smallest absolute Gasteiger partial charge is 0.323 e. The number of carbonyl (C=O) groups is 1. The van der Waals surface area contributed by atoms with Crippen molar-refractivity contribution in [2.75, 3.05) is 14.2 Å². The minimum Gasteiger partial charge on any atom is -0.496 e. The Hall–Kier alpha value is -2.02. The largest absolute Gasteiger partial charge is 0.496 e. The normalized spacial score (nSPS) is 11.8. The highest BCUT2D eigenvalue weighted by Gasteiger charge is 2.21. The second kappa shape index (κ2) is 6.79. The molecule has 4 nitrogen and oxygen atoms in total. The maximum Gasteiger partial charge on any atom is 0.323 e. The van der Waals surface area contributed by atoms with E-state index in [1.165, 1.54) is 7.11 Å². The first kappa shape index (κ1) is 15.0. The summed E-state index contributed by atoms with van der Waals surface area (Å²) in [6.45, 7) is 4.18. The summed E-state index contributed by atoms with van der Waals surface area (Å²) in [6, 6.07) is 7.82. The molecule has 0 aliphatic heterocycles. The van der Waals surface area contributed by atoms with Gasteiger partial charge in [0.1, 0.15) is 11.7 Å². The third kappa shape index (κ3) is 3.72. The van der Waals surface area contributed by atoms with Gasteiger partial charge in [0.2, 0.25) is 0 Å². The van der Waals surface area contributed by atoms with Gasteiger partial charge in [-0.25, -0.2) is 0 Å². The van der Waals surface area contributed by atoms with Crippen molar-refractivity contribution in [2.45, 2.75) is 26.2 Å². The lowest BCUT2D eigenvalue weighted by atomic mass is 9.95. The van der Waals surface area contributed by atoms with Gasteiger partial charge in [-0.05, 0) is 23.1 Å². The second-order valence-electron chi connectivity index (χ2n) is 4.63. The molecule has 0 bridgehead atoms. The molecule has 19 heavy (non-hydrogen) atoms. The van der Waals surface area contributed by atoms with Gasteiger partial charge in [-0.2, -0.15) is 5.26 Å². The fourth-order valence-electron chi connectivity index (χ4n) is 1.86. The van der Waals surface area contributed by atoms with Crippen LogP contribution in [0.2, 0.25) is 0 Å². The van der Waals surface area contributed by atoms with Crippen LogP contribution in [0.5, 0.6) is 5.75 Å². The molecule has 0 saturated heterocycles. The molecule has 1 unspecified atom stereocenters. The van der Waals surface area contributed by atoms with Gasteiger partial charge in [-0.1, -0.05) is 26.0 Å². The predicted molar refractivity (Wildman–Crippen MR) is 71.9 cm³/mol. The van der Waals surface area contributed by atoms with E-state index < -0.39 is 11.9 Å². The summed E-state index contributed by atoms with van der Waals surface area (Å²) >= 11 is 0. The van der Waals surface area contributed by atoms with Crippen LogP contribution in [0.1, 0.15) is 30.9 Å². The van der Waals surface area contributed by atoms with Crippen LogP contribution in [0.25, 0.3) is 0 Å². The van der Waals surface area contributed by atoms with Gasteiger partial charge in [-0.3, -0.25) is 4.79 Å². The molecule has 0 radical (unpaired) electrons. The summed E-state index contributed by atoms with van der Waals surface area (Å²) in [5.41, 5.74) is 2.00. The lowest BCUT2D eigenvalue weighted by Crippen LogP contribution is -2.17. The summed E-state index contributed by atoms with van der Waals surface area (Å²) in [5.74, 6) is -0.252. The zero-order chi connectivity index (χ0) is 14.4. The fourth-order valence-corrected chi connectivity index (χ4v) is 1.86. The molecule has 0 heterocycles. The van der Waals surface area contributed by atoms with Crippen molar-refractivity contribution in [1.29, 1.82) is 5.26 Å². The molecule has 0 fully saturated rings. The maximum absolute atomic E-state index is 11.5. The molecule has 0 aliphatic rings. The van der Waals surface area contributed by atoms with E-state index in [1.807, 2.05) is 24.3 Å². The third-order valence-electron chi connectivity index (χ3n) is 3.04. The Labute approximate surface area is 113 Å². The van der Waals surface area contributed by atoms with Crippen LogP contribution >= 0.6 is 0 Å². The minimum atomic E-state index is -0.804. The van der Waals surface area contributed by atoms with Crippen molar-refractivity contribution in [3.63, 3.8) is 0 Å². The molecular formula is C15H19NO3. The standard InChI is InChI=1S/C15H19NO3/c1-10(2)11-5-6-14(18-3)12(7-11)8-13(9-16)15(17)19-4/h5-7,10,13H,8H2,1-4H3. The van der Waals surface area contributed by atoms with Crippen molar-refractivity contribution in [3.8, 4) is 11.8 Å². The number of nitriles is 1. The number of ether oxygens (including phenoxy) is 2. The molecule has 0 saturated carbocycles. The Morgan fingerprint density at radius 1 is 1.37 bits per heavy atom. The first-order valence-corrected chi connectivity index (χ1v) is 6.17. The molecule has 0 N–H and O–H groups in total. The third-order valence-corrected chi connectivity index (χ3v) is 3.04. The lowest BCUT2D eigenvalue weighted by molar-refractivity contribution is -0.143. The number of methoxy groups -OCH3 is 2. The molecule has 0 aliphatic carbocycles. The number of benzene rings is 1. The van der Waals surface area contributed by atoms with Crippen LogP contribution in [0, 0.1) is 17.2 Å². The number of hydrogen-bond donors (Lipinski definition) is 0. The van der Waals surface area contributed by atoms with Crippen molar-refractivity contribution >= 4 is 5.97 Å². The number of esters is 1. The average molecular weight is 261 g/mol. The Kier molecular flexibility index (Phi) is 5.37. The second-order valence-corrected chi connectivity index (χ2v) is 4.63. The van der Waals surface area contributed by atoms with Crippen LogP contribution < -0.4 is 4.74 Å². The van der Waals surface area contributed by atoms with Crippen molar-refractivity contribution in [1.82, 2.24) is 0 Å². The van der Waals surface area contributed by atoms with Crippen molar-refractivity contribution in [3.05, 3.63) is 29.3 Å². The van der Waals surface area contributed by atoms with E-state index >= 15 is 0 Å². The van der Waals surface area contributed by atoms with Crippen molar-refractivity contribution in [2.24, 2.45) is 5.92 Å². The first-order chi connectivity index (χ1) is 9.03. The quantitative estimate of drug-likeness (QED) is 0.764. The molecule has 4 heteroatoms. The Bertz CT molecular complexity index is 489. The van der Waals surface area contributed by atoms with E-state index in [9.17, 15) is 4.79 Å². The van der Waals surface area contributed by atoms with Gasteiger partial charge in [-0.15, -0.1) is 0 Å². The maximum atomic E-state index is 11.5. The monoisotopic (exact) mass is 261 g/mol. The Morgan fingerprint density at radius 3 is 2.53 bits per heavy atom. The molecule has 1 aromatic carbocycles. The van der Waals surface area contributed by atoms with E-state index in [0.29, 0.717) is 18.1 Å². The first-order valence-electron chi connectivity index (χ1n) is 6.17. The minimum absolute atomic E-state index is 0.299. The highest BCUT2D eigenvalue weighted by atomic mass is 16.5. The summed E-state index contributed by atoms with van der Waals surface area (Å²) in [6.07, 6.45) is 0.299. The number of hydrogen-bond acceptors (Lipinski definition) is 4. The zero-order valence-corrected chi connectivity index (χ0v) is 11.8. The van der Waals surface area contributed by atoms with Gasteiger partial charge in [0.25, 0.3) is 0 Å². The SMILES string of the molecule is COC(=O)C(C#N)Cc1cc(C(C)C)ccc1OC. The average Bonchev–Trinajstić information content (AvgIpc) is 2.43. The van der Waals surface area contributed by atoms with Crippen LogP contribution in [0.15, 0.2) is 18.2 Å². The van der Waals surface area contributed by atoms with E-state index in [0.717, 1.165) is 11.1 Å². The van der Waals surface area contributed by atoms with Crippen LogP contribution in [-0.4, -0.2) is 20.2 Å². The molecule has 0 aromatic heterocycles. The molecule has 1 rings (SSSR count). The molecule has 102 valence electrons. The highest BCUT2D eigenvalue weighted by Crippen LogP contribution is 2.26. The van der Waals surface area contributed by atoms with Crippen LogP contribution in [0.3, 0.4) is 0 Å². The van der Waals surface area contributed by atoms with Crippen molar-refractivity contribution < 1.29 is 14.3 Å². The highest BCUT2D eigenvalue weighted by molar-refractivity contribution is 5.75. The molecular weight excluding hydrogens is 242 g/mol. The van der Waals surface area contributed by atoms with E-state index in [-0.39, 0.29) is 0 Å². The Morgan fingerprint density at radius 2 is 2.05 bits per heavy atom. The van der Waals surface area contributed by atoms with E-state index in [2.05, 4.69) is 18.6 Å².